The summed E-state index contributed by atoms with van der Waals surface area (Å²) in [5.74, 6) is 0.732. The number of aliphatic hydroxyl groups excluding tert-OH is 1. The minimum Gasteiger partial charge on any atom is -0.490 e. The van der Waals surface area contributed by atoms with Crippen LogP contribution in [0.15, 0.2) is 18.2 Å². The Labute approximate surface area is 95.8 Å². The summed E-state index contributed by atoms with van der Waals surface area (Å²) in [4.78, 5) is 0. The lowest BCUT2D eigenvalue weighted by Gasteiger charge is -2.17. The van der Waals surface area contributed by atoms with Crippen LogP contribution in [-0.4, -0.2) is 11.2 Å². The fourth-order valence-corrected chi connectivity index (χ4v) is 1.62. The van der Waals surface area contributed by atoms with Crippen molar-refractivity contribution in [3.05, 3.63) is 28.8 Å². The normalized spacial score (nSPS) is 10.7. The van der Waals surface area contributed by atoms with E-state index in [9.17, 15) is 0 Å². The molecular formula is C12H17ClO2. The van der Waals surface area contributed by atoms with E-state index in [2.05, 4.69) is 13.8 Å². The van der Waals surface area contributed by atoms with Crippen molar-refractivity contribution in [1.29, 1.82) is 0 Å². The van der Waals surface area contributed by atoms with Crippen LogP contribution in [0.1, 0.15) is 32.3 Å². The van der Waals surface area contributed by atoms with Crippen molar-refractivity contribution >= 4 is 11.6 Å². The Kier molecular flexibility index (Phi) is 4.92. The van der Waals surface area contributed by atoms with Crippen molar-refractivity contribution < 1.29 is 9.84 Å². The largest absolute Gasteiger partial charge is 0.490 e. The van der Waals surface area contributed by atoms with Crippen molar-refractivity contribution in [3.63, 3.8) is 0 Å². The van der Waals surface area contributed by atoms with Gasteiger partial charge in [0.2, 0.25) is 0 Å². The van der Waals surface area contributed by atoms with Gasteiger partial charge in [-0.15, -0.1) is 0 Å². The molecule has 84 valence electrons. The third kappa shape index (κ3) is 3.40. The van der Waals surface area contributed by atoms with Gasteiger partial charge in [-0.2, -0.15) is 0 Å². The van der Waals surface area contributed by atoms with Crippen molar-refractivity contribution in [2.45, 2.75) is 39.4 Å². The molecule has 3 heteroatoms. The summed E-state index contributed by atoms with van der Waals surface area (Å²) in [5, 5.41) is 9.78. The van der Waals surface area contributed by atoms with E-state index in [1.165, 1.54) is 0 Å². The summed E-state index contributed by atoms with van der Waals surface area (Å²) in [7, 11) is 0. The molecular weight excluding hydrogens is 212 g/mol. The summed E-state index contributed by atoms with van der Waals surface area (Å²) in [6.07, 6.45) is 2.13. The summed E-state index contributed by atoms with van der Waals surface area (Å²) >= 11 is 5.83. The predicted molar refractivity (Wildman–Crippen MR) is 62.4 cm³/mol. The van der Waals surface area contributed by atoms with Gasteiger partial charge in [0.15, 0.2) is 0 Å². The third-order valence-electron chi connectivity index (χ3n) is 2.40. The van der Waals surface area contributed by atoms with Gasteiger partial charge < -0.3 is 9.84 Å². The van der Waals surface area contributed by atoms with Crippen LogP contribution in [0.4, 0.5) is 0 Å². The van der Waals surface area contributed by atoms with Crippen molar-refractivity contribution in [3.8, 4) is 5.75 Å². The first kappa shape index (κ1) is 12.3. The molecule has 1 aromatic rings. The molecule has 2 nitrogen and oxygen atoms in total. The molecule has 0 aliphatic carbocycles. The second-order valence-electron chi connectivity index (χ2n) is 3.47. The van der Waals surface area contributed by atoms with E-state index < -0.39 is 0 Å². The lowest BCUT2D eigenvalue weighted by atomic mass is 10.2. The quantitative estimate of drug-likeness (QED) is 0.837. The predicted octanol–water partition coefficient (Wildman–Crippen LogP) is 3.40. The molecule has 0 amide bonds. The molecule has 0 saturated heterocycles. The van der Waals surface area contributed by atoms with Crippen molar-refractivity contribution in [1.82, 2.24) is 0 Å². The fraction of sp³-hybridized carbons (Fsp3) is 0.500. The van der Waals surface area contributed by atoms with Crippen LogP contribution in [0, 0.1) is 0 Å². The second-order valence-corrected chi connectivity index (χ2v) is 3.90. The van der Waals surface area contributed by atoms with Crippen molar-refractivity contribution in [2.75, 3.05) is 0 Å². The molecule has 0 heterocycles. The Morgan fingerprint density at radius 1 is 1.33 bits per heavy atom. The smallest absolute Gasteiger partial charge is 0.125 e. The van der Waals surface area contributed by atoms with Gasteiger partial charge in [-0.05, 0) is 31.0 Å². The Balaban J connectivity index is 2.83. The Hall–Kier alpha value is -0.730. The number of halogens is 1. The number of benzene rings is 1. The Morgan fingerprint density at radius 2 is 2.00 bits per heavy atom. The van der Waals surface area contributed by atoms with E-state index in [1.54, 1.807) is 12.1 Å². The fourth-order valence-electron chi connectivity index (χ4n) is 1.42. The lowest BCUT2D eigenvalue weighted by molar-refractivity contribution is 0.184. The first-order valence-corrected chi connectivity index (χ1v) is 5.65. The first-order chi connectivity index (χ1) is 7.21. The molecule has 0 aliphatic heterocycles. The molecule has 0 atom stereocenters. The minimum absolute atomic E-state index is 0.0456. The van der Waals surface area contributed by atoms with Gasteiger partial charge in [0.25, 0.3) is 0 Å². The lowest BCUT2D eigenvalue weighted by Crippen LogP contribution is -2.14. The van der Waals surface area contributed by atoms with Crippen LogP contribution in [0.3, 0.4) is 0 Å². The van der Waals surface area contributed by atoms with E-state index in [0.717, 1.165) is 24.2 Å². The molecule has 0 spiro atoms. The maximum atomic E-state index is 9.16. The van der Waals surface area contributed by atoms with Crippen LogP contribution in [-0.2, 0) is 6.61 Å². The maximum Gasteiger partial charge on any atom is 0.125 e. The molecule has 0 saturated carbocycles. The monoisotopic (exact) mass is 228 g/mol. The SMILES string of the molecule is CCC(CC)Oc1ccc(Cl)cc1CO. The van der Waals surface area contributed by atoms with Crippen LogP contribution in [0.2, 0.25) is 5.02 Å². The van der Waals surface area contributed by atoms with Gasteiger partial charge in [-0.3, -0.25) is 0 Å². The maximum absolute atomic E-state index is 9.16. The number of rotatable bonds is 5. The molecule has 0 aromatic heterocycles. The summed E-state index contributed by atoms with van der Waals surface area (Å²) < 4.78 is 5.77. The molecule has 0 fully saturated rings. The van der Waals surface area contributed by atoms with Crippen LogP contribution in [0.25, 0.3) is 0 Å². The summed E-state index contributed by atoms with van der Waals surface area (Å²) in [5.41, 5.74) is 0.745. The average Bonchev–Trinajstić information content (AvgIpc) is 2.27. The topological polar surface area (TPSA) is 29.5 Å². The van der Waals surface area contributed by atoms with E-state index >= 15 is 0 Å². The molecule has 0 unspecified atom stereocenters. The second kappa shape index (κ2) is 5.99. The number of hydrogen-bond acceptors (Lipinski definition) is 2. The number of aliphatic hydroxyl groups is 1. The van der Waals surface area contributed by atoms with Gasteiger partial charge in [-0.1, -0.05) is 25.4 Å². The Morgan fingerprint density at radius 3 is 2.53 bits per heavy atom. The standard InChI is InChI=1S/C12H17ClO2/c1-3-11(4-2)15-12-6-5-10(13)7-9(12)8-14/h5-7,11,14H,3-4,8H2,1-2H3. The molecule has 1 N–H and O–H groups in total. The van der Waals surface area contributed by atoms with Gasteiger partial charge in [0.1, 0.15) is 5.75 Å². The van der Waals surface area contributed by atoms with Gasteiger partial charge in [-0.25, -0.2) is 0 Å². The zero-order valence-electron chi connectivity index (χ0n) is 9.16. The summed E-state index contributed by atoms with van der Waals surface area (Å²) in [6.45, 7) is 4.13. The highest BCUT2D eigenvalue weighted by molar-refractivity contribution is 6.30. The molecule has 0 bridgehead atoms. The molecule has 1 rings (SSSR count). The third-order valence-corrected chi connectivity index (χ3v) is 2.63. The zero-order chi connectivity index (χ0) is 11.3. The first-order valence-electron chi connectivity index (χ1n) is 5.27. The average molecular weight is 229 g/mol. The summed E-state index contributed by atoms with van der Waals surface area (Å²) in [6, 6.07) is 5.32. The van der Waals surface area contributed by atoms with Gasteiger partial charge >= 0.3 is 0 Å². The number of ether oxygens (including phenoxy) is 1. The van der Waals surface area contributed by atoms with E-state index in [0.29, 0.717) is 5.02 Å². The van der Waals surface area contributed by atoms with Gasteiger partial charge in [0, 0.05) is 10.6 Å². The molecule has 15 heavy (non-hydrogen) atoms. The molecule has 1 aromatic carbocycles. The van der Waals surface area contributed by atoms with E-state index in [4.69, 9.17) is 21.4 Å². The molecule has 0 radical (unpaired) electrons. The number of hydrogen-bond donors (Lipinski definition) is 1. The van der Waals surface area contributed by atoms with Crippen LogP contribution < -0.4 is 4.74 Å². The van der Waals surface area contributed by atoms with Gasteiger partial charge in [0.05, 0.1) is 12.7 Å². The van der Waals surface area contributed by atoms with E-state index in [-0.39, 0.29) is 12.7 Å². The molecule has 0 aliphatic rings. The van der Waals surface area contributed by atoms with E-state index in [1.807, 2.05) is 6.07 Å². The zero-order valence-corrected chi connectivity index (χ0v) is 9.92. The van der Waals surface area contributed by atoms with Crippen molar-refractivity contribution in [2.24, 2.45) is 0 Å². The highest BCUT2D eigenvalue weighted by atomic mass is 35.5. The van der Waals surface area contributed by atoms with Crippen LogP contribution in [0.5, 0.6) is 5.75 Å². The van der Waals surface area contributed by atoms with Crippen LogP contribution >= 0.6 is 11.6 Å². The Bertz CT molecular complexity index is 308. The minimum atomic E-state index is -0.0456. The highest BCUT2D eigenvalue weighted by Crippen LogP contribution is 2.24. The highest BCUT2D eigenvalue weighted by Gasteiger charge is 2.09.